The van der Waals surface area contributed by atoms with Crippen LogP contribution in [-0.2, 0) is 29.1 Å². The highest BCUT2D eigenvalue weighted by atomic mass is 16.3. The number of phenols is 1. The monoisotopic (exact) mass is 570 g/mol. The summed E-state index contributed by atoms with van der Waals surface area (Å²) in [5.74, 6) is -0.254. The second-order valence-corrected chi connectivity index (χ2v) is 10.8. The van der Waals surface area contributed by atoms with Gasteiger partial charge in [0.2, 0.25) is 11.8 Å². The number of phenolic OH excluding ortho intramolecular Hbond substituents is 1. The number of hydrogen-bond donors (Lipinski definition) is 2. The Morgan fingerprint density at radius 2 is 1.67 bits per heavy atom. The molecule has 4 amide bonds. The number of fused-ring (bicyclic) bond motifs is 1. The molecule has 2 fully saturated rings. The standard InChI is InChI=1S/C32H38N6O4/c1-4-34(2)27-13-9-8-12-25(27)20-36-21-29-37(28(31(36)41)18-23-14-16-26(39)17-15-23)30(40)22-35(3)38(29)32(42)33-19-24-10-6-5-7-11-24/h5-17,28-29,39H,4,18-22H2,1-3H3,(H,33,42)/t28-,29+/m0/s1. The molecule has 3 aromatic carbocycles. The lowest BCUT2D eigenvalue weighted by atomic mass is 9.98. The maximum atomic E-state index is 14.2. The quantitative estimate of drug-likeness (QED) is 0.432. The zero-order chi connectivity index (χ0) is 29.8. The fourth-order valence-corrected chi connectivity index (χ4v) is 5.75. The van der Waals surface area contributed by atoms with Crippen molar-refractivity contribution in [1.82, 2.24) is 25.1 Å². The van der Waals surface area contributed by atoms with Crippen LogP contribution in [0.3, 0.4) is 0 Å². The zero-order valence-corrected chi connectivity index (χ0v) is 24.3. The van der Waals surface area contributed by atoms with Crippen molar-refractivity contribution < 1.29 is 19.5 Å². The van der Waals surface area contributed by atoms with E-state index in [9.17, 15) is 19.5 Å². The van der Waals surface area contributed by atoms with Crippen LogP contribution in [0, 0.1) is 0 Å². The molecule has 0 radical (unpaired) electrons. The van der Waals surface area contributed by atoms with E-state index in [0.29, 0.717) is 13.1 Å². The summed E-state index contributed by atoms with van der Waals surface area (Å²) in [6.45, 7) is 3.69. The molecule has 0 spiro atoms. The topological polar surface area (TPSA) is 99.7 Å². The van der Waals surface area contributed by atoms with Gasteiger partial charge in [-0.15, -0.1) is 0 Å². The first-order chi connectivity index (χ1) is 20.3. The van der Waals surface area contributed by atoms with E-state index in [2.05, 4.69) is 17.1 Å². The van der Waals surface area contributed by atoms with Crippen molar-refractivity contribution in [3.8, 4) is 5.75 Å². The molecule has 220 valence electrons. The summed E-state index contributed by atoms with van der Waals surface area (Å²) in [4.78, 5) is 46.8. The third kappa shape index (κ3) is 6.03. The summed E-state index contributed by atoms with van der Waals surface area (Å²) in [7, 11) is 3.73. The van der Waals surface area contributed by atoms with Crippen molar-refractivity contribution in [2.75, 3.05) is 38.6 Å². The minimum atomic E-state index is -0.810. The zero-order valence-electron chi connectivity index (χ0n) is 24.3. The number of aromatic hydroxyl groups is 1. The number of nitrogens with one attached hydrogen (secondary N) is 1. The molecule has 3 aromatic rings. The number of amides is 4. The average molecular weight is 571 g/mol. The summed E-state index contributed by atoms with van der Waals surface area (Å²) >= 11 is 0. The van der Waals surface area contributed by atoms with Gasteiger partial charge in [0.25, 0.3) is 0 Å². The minimum Gasteiger partial charge on any atom is -0.508 e. The van der Waals surface area contributed by atoms with Crippen LogP contribution < -0.4 is 10.2 Å². The Labute approximate surface area is 246 Å². The maximum Gasteiger partial charge on any atom is 0.334 e. The Balaban J connectivity index is 1.48. The maximum absolute atomic E-state index is 14.2. The summed E-state index contributed by atoms with van der Waals surface area (Å²) < 4.78 is 0. The first kappa shape index (κ1) is 28.9. The van der Waals surface area contributed by atoms with Crippen LogP contribution in [0.15, 0.2) is 78.9 Å². The second kappa shape index (κ2) is 12.5. The molecule has 2 aliphatic rings. The van der Waals surface area contributed by atoms with Crippen molar-refractivity contribution in [1.29, 1.82) is 0 Å². The highest BCUT2D eigenvalue weighted by Gasteiger charge is 2.50. The summed E-state index contributed by atoms with van der Waals surface area (Å²) in [5, 5.41) is 16.0. The molecule has 2 atom stereocenters. The SMILES string of the molecule is CCN(C)c1ccccc1CN1C[C@@H]2N(C(=O)CN(C)N2C(=O)NCc2ccccc2)[C@@H](Cc2ccc(O)cc2)C1=O. The summed E-state index contributed by atoms with van der Waals surface area (Å²) in [6, 6.07) is 23.1. The molecule has 0 aliphatic carbocycles. The third-order valence-electron chi connectivity index (χ3n) is 8.04. The van der Waals surface area contributed by atoms with E-state index in [0.717, 1.165) is 28.9 Å². The Kier molecular flexibility index (Phi) is 8.63. The number of hydrogen-bond acceptors (Lipinski definition) is 6. The Hall–Kier alpha value is -4.57. The van der Waals surface area contributed by atoms with Gasteiger partial charge < -0.3 is 25.1 Å². The fraction of sp³-hybridized carbons (Fsp3) is 0.344. The smallest absolute Gasteiger partial charge is 0.334 e. The first-order valence-electron chi connectivity index (χ1n) is 14.3. The molecule has 42 heavy (non-hydrogen) atoms. The van der Waals surface area contributed by atoms with Crippen molar-refractivity contribution in [2.45, 2.75) is 38.6 Å². The lowest BCUT2D eigenvalue weighted by Gasteiger charge is -2.54. The average Bonchev–Trinajstić information content (AvgIpc) is 2.99. The van der Waals surface area contributed by atoms with Crippen LogP contribution in [-0.4, -0.2) is 88.7 Å². The largest absolute Gasteiger partial charge is 0.508 e. The van der Waals surface area contributed by atoms with E-state index in [-0.39, 0.29) is 43.1 Å². The van der Waals surface area contributed by atoms with Gasteiger partial charge >= 0.3 is 6.03 Å². The van der Waals surface area contributed by atoms with Crippen LogP contribution in [0.1, 0.15) is 23.6 Å². The van der Waals surface area contributed by atoms with Crippen molar-refractivity contribution >= 4 is 23.5 Å². The van der Waals surface area contributed by atoms with E-state index < -0.39 is 12.2 Å². The molecular formula is C32H38N6O4. The predicted octanol–water partition coefficient (Wildman–Crippen LogP) is 3.03. The molecule has 0 bridgehead atoms. The highest BCUT2D eigenvalue weighted by molar-refractivity contribution is 5.91. The Morgan fingerprint density at radius 3 is 2.38 bits per heavy atom. The van der Waals surface area contributed by atoms with E-state index in [1.165, 1.54) is 0 Å². The fourth-order valence-electron chi connectivity index (χ4n) is 5.75. The number of urea groups is 1. The molecule has 2 aliphatic heterocycles. The highest BCUT2D eigenvalue weighted by Crippen LogP contribution is 2.30. The number of rotatable bonds is 8. The number of carbonyl (C=O) groups is 3. The van der Waals surface area contributed by atoms with E-state index in [1.54, 1.807) is 51.1 Å². The Bertz CT molecular complexity index is 1420. The normalized spacial score (nSPS) is 19.1. The van der Waals surface area contributed by atoms with Crippen LogP contribution in [0.2, 0.25) is 0 Å². The molecular weight excluding hydrogens is 532 g/mol. The number of benzene rings is 3. The van der Waals surface area contributed by atoms with E-state index in [1.807, 2.05) is 61.6 Å². The summed E-state index contributed by atoms with van der Waals surface area (Å²) in [6.07, 6.45) is -0.430. The van der Waals surface area contributed by atoms with Crippen LogP contribution in [0.5, 0.6) is 5.75 Å². The molecule has 0 saturated carbocycles. The number of anilines is 1. The molecule has 2 saturated heterocycles. The first-order valence-corrected chi connectivity index (χ1v) is 14.3. The molecule has 2 N–H and O–H groups in total. The van der Waals surface area contributed by atoms with E-state index >= 15 is 0 Å². The number of para-hydroxylation sites is 1. The van der Waals surface area contributed by atoms with Crippen molar-refractivity contribution in [2.24, 2.45) is 0 Å². The van der Waals surface area contributed by atoms with Crippen LogP contribution in [0.25, 0.3) is 0 Å². The number of likely N-dealkylation sites (N-methyl/N-ethyl adjacent to an activating group) is 1. The molecule has 0 unspecified atom stereocenters. The molecule has 5 rings (SSSR count). The van der Waals surface area contributed by atoms with Crippen molar-refractivity contribution in [3.63, 3.8) is 0 Å². The van der Waals surface area contributed by atoms with Gasteiger partial charge in [-0.2, -0.15) is 0 Å². The molecule has 0 aromatic heterocycles. The van der Waals surface area contributed by atoms with Gasteiger partial charge in [-0.3, -0.25) is 9.59 Å². The number of carbonyl (C=O) groups excluding carboxylic acids is 3. The lowest BCUT2D eigenvalue weighted by molar-refractivity contribution is -0.187. The van der Waals surface area contributed by atoms with Gasteiger partial charge in [-0.1, -0.05) is 60.7 Å². The van der Waals surface area contributed by atoms with E-state index in [4.69, 9.17) is 0 Å². The molecule has 2 heterocycles. The van der Waals surface area contributed by atoms with Gasteiger partial charge in [0, 0.05) is 45.8 Å². The van der Waals surface area contributed by atoms with Gasteiger partial charge in [0.15, 0.2) is 0 Å². The van der Waals surface area contributed by atoms with Gasteiger partial charge in [-0.25, -0.2) is 14.8 Å². The number of hydrazine groups is 1. The second-order valence-electron chi connectivity index (χ2n) is 10.8. The summed E-state index contributed by atoms with van der Waals surface area (Å²) in [5.41, 5.74) is 3.78. The molecule has 10 nitrogen and oxygen atoms in total. The predicted molar refractivity (Wildman–Crippen MR) is 160 cm³/mol. The van der Waals surface area contributed by atoms with Crippen LogP contribution >= 0.6 is 0 Å². The van der Waals surface area contributed by atoms with Gasteiger partial charge in [0.05, 0.1) is 13.1 Å². The van der Waals surface area contributed by atoms with Gasteiger partial charge in [-0.05, 0) is 41.8 Å². The third-order valence-corrected chi connectivity index (χ3v) is 8.04. The number of nitrogens with zero attached hydrogens (tertiary/aromatic N) is 5. The Morgan fingerprint density at radius 1 is 0.976 bits per heavy atom. The minimum absolute atomic E-state index is 0.0290. The number of piperazine rings is 1. The van der Waals surface area contributed by atoms with Crippen LogP contribution in [0.4, 0.5) is 10.5 Å². The van der Waals surface area contributed by atoms with Gasteiger partial charge in [0.1, 0.15) is 18.0 Å². The molecule has 10 heteroatoms. The van der Waals surface area contributed by atoms with Crippen molar-refractivity contribution in [3.05, 3.63) is 95.6 Å². The lowest BCUT2D eigenvalue weighted by Crippen LogP contribution is -2.76.